The van der Waals surface area contributed by atoms with Gasteiger partial charge in [-0.15, -0.1) is 0 Å². The molecule has 0 atom stereocenters. The van der Waals surface area contributed by atoms with E-state index >= 15 is 0 Å². The van der Waals surface area contributed by atoms with Gasteiger partial charge in [-0.2, -0.15) is 0 Å². The number of benzene rings is 3. The molecule has 0 aromatic heterocycles. The molecule has 43 heavy (non-hydrogen) atoms. The van der Waals surface area contributed by atoms with Crippen molar-refractivity contribution >= 4 is 34.4 Å². The van der Waals surface area contributed by atoms with Crippen LogP contribution in [-0.4, -0.2) is 74.2 Å². The largest absolute Gasteiger partial charge is 0.508 e. The number of anilines is 1. The van der Waals surface area contributed by atoms with Crippen LogP contribution in [0.2, 0.25) is 0 Å². The third kappa shape index (κ3) is 8.26. The van der Waals surface area contributed by atoms with Crippen molar-refractivity contribution in [2.45, 2.75) is 0 Å². The van der Waals surface area contributed by atoms with Crippen LogP contribution in [-0.2, 0) is 23.8 Å². The number of carbonyl (C=O) groups is 3. The zero-order valence-corrected chi connectivity index (χ0v) is 23.1. The van der Waals surface area contributed by atoms with E-state index in [4.69, 9.17) is 18.6 Å². The van der Waals surface area contributed by atoms with E-state index in [1.807, 2.05) is 0 Å². The normalized spacial score (nSPS) is 11.0. The average molecular weight is 591 g/mol. The second-order valence-electron chi connectivity index (χ2n) is 9.20. The molecule has 1 aliphatic heterocycles. The zero-order chi connectivity index (χ0) is 30.8. The Hall–Kier alpha value is -5.04. The van der Waals surface area contributed by atoms with Crippen LogP contribution in [0.5, 0.6) is 5.75 Å². The Balaban J connectivity index is 1.36. The molecule has 0 saturated carbocycles. The lowest BCUT2D eigenvalue weighted by Gasteiger charge is -2.17. The van der Waals surface area contributed by atoms with Crippen LogP contribution in [0.1, 0.15) is 10.4 Å². The van der Waals surface area contributed by atoms with Gasteiger partial charge in [-0.05, 0) is 48.0 Å². The molecule has 0 saturated heterocycles. The number of hydrogen-bond acceptors (Lipinski definition) is 9. The Kier molecular flexibility index (Phi) is 10.6. The van der Waals surface area contributed by atoms with E-state index in [1.165, 1.54) is 36.4 Å². The van der Waals surface area contributed by atoms with E-state index in [2.05, 4.69) is 17.2 Å². The number of amides is 2. The Labute approximate surface area is 245 Å². The molecule has 4 N–H and O–H groups in total. The molecule has 0 fully saturated rings. The lowest BCUT2D eigenvalue weighted by Crippen LogP contribution is -2.25. The molecular weight excluding hydrogens is 560 g/mol. The third-order valence-corrected chi connectivity index (χ3v) is 6.19. The van der Waals surface area contributed by atoms with E-state index in [0.717, 1.165) is 0 Å². The summed E-state index contributed by atoms with van der Waals surface area (Å²) < 4.78 is 21.8. The molecule has 0 bridgehead atoms. The molecule has 2 aromatic carbocycles. The van der Waals surface area contributed by atoms with Gasteiger partial charge in [0.1, 0.15) is 23.7 Å². The van der Waals surface area contributed by atoms with Crippen molar-refractivity contribution in [3.8, 4) is 28.2 Å². The van der Waals surface area contributed by atoms with E-state index in [0.29, 0.717) is 48.4 Å². The number of phenolic OH excluding ortho intramolecular Hbond substituents is 1. The smallest absolute Gasteiger partial charge is 0.336 e. The van der Waals surface area contributed by atoms with Crippen molar-refractivity contribution in [2.24, 2.45) is 0 Å². The first kappa shape index (κ1) is 30.9. The van der Waals surface area contributed by atoms with Crippen molar-refractivity contribution in [1.82, 2.24) is 5.32 Å². The highest BCUT2D eigenvalue weighted by Gasteiger charge is 2.22. The van der Waals surface area contributed by atoms with Gasteiger partial charge < -0.3 is 39.5 Å². The van der Waals surface area contributed by atoms with E-state index in [9.17, 15) is 29.4 Å². The number of fused-ring (bicyclic) bond motifs is 2. The van der Waals surface area contributed by atoms with Gasteiger partial charge in [-0.25, -0.2) is 4.79 Å². The minimum atomic E-state index is -1.23. The fourth-order valence-corrected chi connectivity index (χ4v) is 4.29. The van der Waals surface area contributed by atoms with Crippen LogP contribution in [0.4, 0.5) is 5.69 Å². The molecule has 2 aromatic rings. The highest BCUT2D eigenvalue weighted by atomic mass is 16.5. The van der Waals surface area contributed by atoms with Gasteiger partial charge in [-0.1, -0.05) is 12.6 Å². The number of aromatic carboxylic acids is 1. The summed E-state index contributed by atoms with van der Waals surface area (Å²) in [5.74, 6) is -1.80. The number of ether oxygens (including phenoxy) is 3. The summed E-state index contributed by atoms with van der Waals surface area (Å²) in [4.78, 5) is 47.7. The van der Waals surface area contributed by atoms with Crippen LogP contribution in [0.3, 0.4) is 0 Å². The first-order valence-corrected chi connectivity index (χ1v) is 13.3. The van der Waals surface area contributed by atoms with Gasteiger partial charge in [0.25, 0.3) is 0 Å². The molecule has 2 amide bonds. The summed E-state index contributed by atoms with van der Waals surface area (Å²) in [6, 6.07) is 13.1. The van der Waals surface area contributed by atoms with Crippen LogP contribution in [0.15, 0.2) is 76.5 Å². The quantitative estimate of drug-likeness (QED) is 0.0914. The van der Waals surface area contributed by atoms with Crippen LogP contribution in [0, 0.1) is 0 Å². The van der Waals surface area contributed by atoms with Crippen LogP contribution in [0.25, 0.3) is 33.4 Å². The average Bonchev–Trinajstić information content (AvgIpc) is 2.98. The number of aromatic hydroxyl groups is 1. The second-order valence-corrected chi connectivity index (χ2v) is 9.20. The topological polar surface area (TPSA) is 174 Å². The van der Waals surface area contributed by atoms with Gasteiger partial charge in [0.2, 0.25) is 11.8 Å². The number of carbonyl (C=O) groups excluding carboxylic acids is 2. The van der Waals surface area contributed by atoms with E-state index < -0.39 is 11.9 Å². The monoisotopic (exact) mass is 590 g/mol. The maximum absolute atomic E-state index is 12.4. The van der Waals surface area contributed by atoms with Crippen molar-refractivity contribution < 1.29 is 43.2 Å². The third-order valence-electron chi connectivity index (χ3n) is 6.19. The fraction of sp³-hybridized carbons (Fsp3) is 0.226. The van der Waals surface area contributed by atoms with Crippen LogP contribution >= 0.6 is 0 Å². The SMILES string of the molecule is C=CC(=O)NCCOCCOCCOCC(=O)Nc1ccc(-c2c3ccc(=O)cc-3oc3cc(O)ccc23)c(C(=O)O)c1. The summed E-state index contributed by atoms with van der Waals surface area (Å²) >= 11 is 0. The second kappa shape index (κ2) is 14.7. The van der Waals surface area contributed by atoms with Gasteiger partial charge in [0, 0.05) is 40.9 Å². The number of rotatable bonds is 15. The molecule has 224 valence electrons. The van der Waals surface area contributed by atoms with Gasteiger partial charge in [0.15, 0.2) is 5.43 Å². The summed E-state index contributed by atoms with van der Waals surface area (Å²) in [5.41, 5.74) is 1.48. The van der Waals surface area contributed by atoms with Gasteiger partial charge in [0.05, 0.1) is 38.6 Å². The van der Waals surface area contributed by atoms with Crippen LogP contribution < -0.4 is 16.1 Å². The predicted molar refractivity (Wildman–Crippen MR) is 157 cm³/mol. The van der Waals surface area contributed by atoms with Gasteiger partial charge in [-0.3, -0.25) is 14.4 Å². The molecule has 0 radical (unpaired) electrons. The van der Waals surface area contributed by atoms with E-state index in [1.54, 1.807) is 24.3 Å². The molecule has 0 unspecified atom stereocenters. The molecule has 12 heteroatoms. The first-order chi connectivity index (χ1) is 20.8. The van der Waals surface area contributed by atoms with E-state index in [-0.39, 0.29) is 59.5 Å². The van der Waals surface area contributed by atoms with Crippen molar-refractivity contribution in [3.63, 3.8) is 0 Å². The summed E-state index contributed by atoms with van der Waals surface area (Å²) in [6.07, 6.45) is 1.18. The Morgan fingerprint density at radius 1 is 0.884 bits per heavy atom. The Morgan fingerprint density at radius 2 is 1.60 bits per heavy atom. The molecule has 2 aliphatic rings. The minimum absolute atomic E-state index is 0.0536. The maximum Gasteiger partial charge on any atom is 0.336 e. The number of phenols is 1. The Morgan fingerprint density at radius 3 is 2.35 bits per heavy atom. The molecule has 4 rings (SSSR count). The summed E-state index contributed by atoms with van der Waals surface area (Å²) in [5, 5.41) is 25.8. The summed E-state index contributed by atoms with van der Waals surface area (Å²) in [7, 11) is 0. The highest BCUT2D eigenvalue weighted by molar-refractivity contribution is 6.08. The number of hydrogen-bond donors (Lipinski definition) is 4. The lowest BCUT2D eigenvalue weighted by molar-refractivity contribution is -0.121. The lowest BCUT2D eigenvalue weighted by atomic mass is 9.90. The van der Waals surface area contributed by atoms with Crippen molar-refractivity contribution in [3.05, 3.63) is 83.0 Å². The number of carboxylic acid groups (broad SMARTS) is 1. The first-order valence-electron chi connectivity index (χ1n) is 13.3. The molecule has 1 aliphatic carbocycles. The summed E-state index contributed by atoms with van der Waals surface area (Å²) in [6.45, 7) is 4.82. The Bertz CT molecular complexity index is 1660. The standard InChI is InChI=1S/C31H30N2O10/c1-2-28(36)32-9-10-40-11-12-41-13-14-42-18-29(37)33-19-3-6-22(25(15-19)31(38)39)30-23-7-4-20(34)16-26(23)43-27-17-21(35)5-8-24(27)30/h2-8,15-17,34H,1,9-14,18H2,(H,32,36)(H,33,37)(H,38,39). The van der Waals surface area contributed by atoms with Crippen molar-refractivity contribution in [2.75, 3.05) is 51.5 Å². The minimum Gasteiger partial charge on any atom is -0.508 e. The number of carboxylic acids is 1. The maximum atomic E-state index is 12.4. The molecule has 1 heterocycles. The molecular formula is C31H30N2O10. The predicted octanol–water partition coefficient (Wildman–Crippen LogP) is 3.26. The van der Waals surface area contributed by atoms with Gasteiger partial charge >= 0.3 is 5.97 Å². The highest BCUT2D eigenvalue weighted by Crippen LogP contribution is 2.42. The molecule has 0 spiro atoms. The fourth-order valence-electron chi connectivity index (χ4n) is 4.29. The zero-order valence-electron chi connectivity index (χ0n) is 23.1. The van der Waals surface area contributed by atoms with Crippen molar-refractivity contribution in [1.29, 1.82) is 0 Å². The number of nitrogens with one attached hydrogen (secondary N) is 2. The molecule has 12 nitrogen and oxygen atoms in total.